The molecule has 0 aliphatic heterocycles. The maximum absolute atomic E-state index is 12.0. The highest BCUT2D eigenvalue weighted by molar-refractivity contribution is 5.97. The quantitative estimate of drug-likeness (QED) is 0.429. The average Bonchev–Trinajstić information content (AvgIpc) is 2.64. The van der Waals surface area contributed by atoms with Crippen molar-refractivity contribution in [2.75, 3.05) is 6.54 Å². The molecule has 0 aromatic heterocycles. The average molecular weight is 371 g/mol. The number of amides is 2. The van der Waals surface area contributed by atoms with Crippen molar-refractivity contribution in [1.29, 1.82) is 0 Å². The third-order valence-corrected chi connectivity index (χ3v) is 3.74. The van der Waals surface area contributed by atoms with Gasteiger partial charge in [0, 0.05) is 17.2 Å². The Morgan fingerprint density at radius 2 is 1.89 bits per heavy atom. The molecular weight excluding hydrogens is 354 g/mol. The number of aryl methyl sites for hydroxylation is 1. The minimum Gasteiger partial charge on any atom is -0.459 e. The van der Waals surface area contributed by atoms with Crippen LogP contribution in [0.4, 0.5) is 5.69 Å². The number of nitrogens with one attached hydrogen (secondary N) is 1. The number of nitro benzene ring substituents is 1. The van der Waals surface area contributed by atoms with Crippen LogP contribution in [0.1, 0.15) is 31.8 Å². The molecule has 2 aromatic rings. The van der Waals surface area contributed by atoms with Gasteiger partial charge in [-0.05, 0) is 30.7 Å². The van der Waals surface area contributed by atoms with Gasteiger partial charge < -0.3 is 15.8 Å². The minimum absolute atomic E-state index is 0.0257. The predicted octanol–water partition coefficient (Wildman–Crippen LogP) is 1.48. The van der Waals surface area contributed by atoms with Gasteiger partial charge in [-0.1, -0.05) is 18.2 Å². The van der Waals surface area contributed by atoms with E-state index in [9.17, 15) is 24.5 Å². The molecule has 2 aromatic carbocycles. The zero-order valence-corrected chi connectivity index (χ0v) is 14.4. The fraction of sp³-hybridized carbons (Fsp3) is 0.167. The van der Waals surface area contributed by atoms with Crippen molar-refractivity contribution in [3.63, 3.8) is 0 Å². The Labute approximate surface area is 154 Å². The number of ether oxygens (including phenoxy) is 1. The van der Waals surface area contributed by atoms with Gasteiger partial charge in [0.25, 0.3) is 11.6 Å². The fourth-order valence-corrected chi connectivity index (χ4v) is 2.29. The number of hydrogen-bond acceptors (Lipinski definition) is 6. The van der Waals surface area contributed by atoms with Gasteiger partial charge in [0.15, 0.2) is 0 Å². The molecule has 0 aliphatic rings. The van der Waals surface area contributed by atoms with Gasteiger partial charge in [0.1, 0.15) is 13.2 Å². The molecule has 9 nitrogen and oxygen atoms in total. The summed E-state index contributed by atoms with van der Waals surface area (Å²) in [5, 5.41) is 13.5. The summed E-state index contributed by atoms with van der Waals surface area (Å²) in [5.74, 6) is -1.99. The lowest BCUT2D eigenvalue weighted by molar-refractivity contribution is -0.385. The van der Waals surface area contributed by atoms with Crippen molar-refractivity contribution >= 4 is 23.5 Å². The summed E-state index contributed by atoms with van der Waals surface area (Å²) < 4.78 is 4.96. The van der Waals surface area contributed by atoms with Crippen LogP contribution in [0.15, 0.2) is 42.5 Å². The van der Waals surface area contributed by atoms with Crippen molar-refractivity contribution < 1.29 is 24.0 Å². The van der Waals surface area contributed by atoms with Crippen LogP contribution in [0.3, 0.4) is 0 Å². The molecule has 0 fully saturated rings. The Bertz CT molecular complexity index is 910. The van der Waals surface area contributed by atoms with Gasteiger partial charge in [-0.15, -0.1) is 0 Å². The SMILES string of the molecule is Cc1ccccc1C(=O)NCC(=O)OCc1ccc(C(N)=O)cc1[N+](=O)[O-]. The number of nitro groups is 1. The Morgan fingerprint density at radius 3 is 2.52 bits per heavy atom. The monoisotopic (exact) mass is 371 g/mol. The van der Waals surface area contributed by atoms with Crippen molar-refractivity contribution in [3.05, 3.63) is 74.8 Å². The number of rotatable bonds is 7. The van der Waals surface area contributed by atoms with Crippen LogP contribution in [-0.4, -0.2) is 29.3 Å². The second-order valence-corrected chi connectivity index (χ2v) is 5.62. The number of esters is 1. The van der Waals surface area contributed by atoms with E-state index in [2.05, 4.69) is 5.32 Å². The molecule has 2 amide bonds. The lowest BCUT2D eigenvalue weighted by Gasteiger charge is -2.09. The lowest BCUT2D eigenvalue weighted by atomic mass is 10.1. The largest absolute Gasteiger partial charge is 0.459 e. The van der Waals surface area contributed by atoms with Gasteiger partial charge in [-0.2, -0.15) is 0 Å². The molecular formula is C18H17N3O6. The molecule has 0 spiro atoms. The highest BCUT2D eigenvalue weighted by Crippen LogP contribution is 2.21. The summed E-state index contributed by atoms with van der Waals surface area (Å²) in [7, 11) is 0. The predicted molar refractivity (Wildman–Crippen MR) is 94.9 cm³/mol. The number of benzene rings is 2. The van der Waals surface area contributed by atoms with E-state index in [4.69, 9.17) is 10.5 Å². The van der Waals surface area contributed by atoms with Gasteiger partial charge in [-0.25, -0.2) is 0 Å². The van der Waals surface area contributed by atoms with Crippen LogP contribution in [0.25, 0.3) is 0 Å². The van der Waals surface area contributed by atoms with Crippen molar-refractivity contribution in [3.8, 4) is 0 Å². The van der Waals surface area contributed by atoms with E-state index in [1.807, 2.05) is 0 Å². The van der Waals surface area contributed by atoms with E-state index >= 15 is 0 Å². The normalized spacial score (nSPS) is 10.1. The van der Waals surface area contributed by atoms with Gasteiger partial charge >= 0.3 is 5.97 Å². The number of nitrogens with two attached hydrogens (primary N) is 1. The summed E-state index contributed by atoms with van der Waals surface area (Å²) in [6.07, 6.45) is 0. The van der Waals surface area contributed by atoms with Crippen LogP contribution in [0, 0.1) is 17.0 Å². The first-order valence-electron chi connectivity index (χ1n) is 7.86. The molecule has 9 heteroatoms. The Morgan fingerprint density at radius 1 is 1.19 bits per heavy atom. The van der Waals surface area contributed by atoms with E-state index in [1.165, 1.54) is 12.1 Å². The molecule has 3 N–H and O–H groups in total. The summed E-state index contributed by atoms with van der Waals surface area (Å²) in [6, 6.07) is 10.5. The second-order valence-electron chi connectivity index (χ2n) is 5.62. The van der Waals surface area contributed by atoms with Gasteiger partial charge in [0.05, 0.1) is 10.5 Å². The van der Waals surface area contributed by atoms with Crippen LogP contribution >= 0.6 is 0 Å². The minimum atomic E-state index is -0.805. The molecule has 2 rings (SSSR count). The van der Waals surface area contributed by atoms with E-state index in [-0.39, 0.29) is 30.0 Å². The topological polar surface area (TPSA) is 142 Å². The zero-order valence-electron chi connectivity index (χ0n) is 14.4. The van der Waals surface area contributed by atoms with Crippen LogP contribution in [0.2, 0.25) is 0 Å². The summed E-state index contributed by atoms with van der Waals surface area (Å²) in [5.41, 5.74) is 5.97. The van der Waals surface area contributed by atoms with Gasteiger partial charge in [0.2, 0.25) is 5.91 Å². The van der Waals surface area contributed by atoms with E-state index in [0.29, 0.717) is 5.56 Å². The molecule has 27 heavy (non-hydrogen) atoms. The molecule has 0 aliphatic carbocycles. The maximum Gasteiger partial charge on any atom is 0.325 e. The standard InChI is InChI=1S/C18H17N3O6/c1-11-4-2-3-5-14(11)18(24)20-9-16(22)27-10-13-7-6-12(17(19)23)8-15(13)21(25)26/h2-8H,9-10H2,1H3,(H2,19,23)(H,20,24). The Hall–Kier alpha value is -3.75. The first-order chi connectivity index (χ1) is 12.8. The van der Waals surface area contributed by atoms with Crippen LogP contribution in [0.5, 0.6) is 0 Å². The second kappa shape index (κ2) is 8.56. The Balaban J connectivity index is 1.96. The molecule has 0 saturated heterocycles. The lowest BCUT2D eigenvalue weighted by Crippen LogP contribution is -2.31. The molecule has 0 bridgehead atoms. The summed E-state index contributed by atoms with van der Waals surface area (Å²) >= 11 is 0. The molecule has 0 heterocycles. The Kier molecular flexibility index (Phi) is 6.21. The number of carbonyl (C=O) groups excluding carboxylic acids is 3. The number of hydrogen-bond donors (Lipinski definition) is 2. The fourth-order valence-electron chi connectivity index (χ4n) is 2.29. The van der Waals surface area contributed by atoms with Crippen LogP contribution in [-0.2, 0) is 16.1 Å². The van der Waals surface area contributed by atoms with Crippen LogP contribution < -0.4 is 11.1 Å². The van der Waals surface area contributed by atoms with Crippen molar-refractivity contribution in [1.82, 2.24) is 5.32 Å². The first kappa shape index (κ1) is 19.6. The summed E-state index contributed by atoms with van der Waals surface area (Å²) in [4.78, 5) is 45.4. The number of nitrogens with zero attached hydrogens (tertiary/aromatic N) is 1. The molecule has 0 radical (unpaired) electrons. The van der Waals surface area contributed by atoms with Gasteiger partial charge in [-0.3, -0.25) is 24.5 Å². The third kappa shape index (κ3) is 5.11. The molecule has 0 saturated carbocycles. The van der Waals surface area contributed by atoms with Crippen molar-refractivity contribution in [2.45, 2.75) is 13.5 Å². The summed E-state index contributed by atoms with van der Waals surface area (Å²) in [6.45, 7) is 0.997. The molecule has 140 valence electrons. The third-order valence-electron chi connectivity index (χ3n) is 3.74. The zero-order chi connectivity index (χ0) is 20.0. The number of primary amides is 1. The molecule has 0 atom stereocenters. The smallest absolute Gasteiger partial charge is 0.325 e. The highest BCUT2D eigenvalue weighted by atomic mass is 16.6. The first-order valence-corrected chi connectivity index (χ1v) is 7.86. The van der Waals surface area contributed by atoms with E-state index in [0.717, 1.165) is 11.6 Å². The van der Waals surface area contributed by atoms with Crippen molar-refractivity contribution in [2.24, 2.45) is 5.73 Å². The number of carbonyl (C=O) groups is 3. The van der Waals surface area contributed by atoms with E-state index in [1.54, 1.807) is 31.2 Å². The highest BCUT2D eigenvalue weighted by Gasteiger charge is 2.18. The van der Waals surface area contributed by atoms with E-state index < -0.39 is 22.7 Å². The molecule has 0 unspecified atom stereocenters. The maximum atomic E-state index is 12.0.